The molecule has 0 aromatic rings. The zero-order chi connectivity index (χ0) is 9.10. The molecule has 2 saturated heterocycles. The monoisotopic (exact) mass is 183 g/mol. The second-order valence-corrected chi connectivity index (χ2v) is 3.88. The van der Waals surface area contributed by atoms with E-state index in [1.807, 2.05) is 5.01 Å². The molecule has 4 heteroatoms. The van der Waals surface area contributed by atoms with Crippen LogP contribution >= 0.6 is 0 Å². The number of hydrogen-bond donors (Lipinski definition) is 2. The summed E-state index contributed by atoms with van der Waals surface area (Å²) in [5.41, 5.74) is 2.86. The van der Waals surface area contributed by atoms with Crippen LogP contribution in [0.25, 0.3) is 0 Å². The summed E-state index contributed by atoms with van der Waals surface area (Å²) in [5, 5.41) is 5.50. The topological polar surface area (TPSA) is 44.4 Å². The third-order valence-corrected chi connectivity index (χ3v) is 2.74. The predicted molar refractivity (Wildman–Crippen MR) is 50.0 cm³/mol. The Morgan fingerprint density at radius 1 is 1.46 bits per heavy atom. The van der Waals surface area contributed by atoms with E-state index in [0.29, 0.717) is 12.5 Å². The van der Waals surface area contributed by atoms with Gasteiger partial charge in [-0.1, -0.05) is 6.42 Å². The number of hydrazine groups is 1. The Hall–Kier alpha value is -0.610. The highest BCUT2D eigenvalue weighted by molar-refractivity contribution is 5.77. The number of nitrogens with zero attached hydrogens (tertiary/aromatic N) is 1. The quantitative estimate of drug-likeness (QED) is 0.626. The van der Waals surface area contributed by atoms with Gasteiger partial charge in [0.25, 0.3) is 0 Å². The maximum absolute atomic E-state index is 10.9. The Balaban J connectivity index is 1.73. The van der Waals surface area contributed by atoms with Crippen molar-refractivity contribution in [2.45, 2.75) is 31.7 Å². The van der Waals surface area contributed by atoms with Gasteiger partial charge >= 0.3 is 0 Å². The number of hydrogen-bond acceptors (Lipinski definition) is 3. The Kier molecular flexibility index (Phi) is 2.80. The summed E-state index contributed by atoms with van der Waals surface area (Å²) >= 11 is 0. The first-order valence-corrected chi connectivity index (χ1v) is 5.12. The highest BCUT2D eigenvalue weighted by Crippen LogP contribution is 2.09. The molecule has 0 bridgehead atoms. The number of piperidine rings is 1. The van der Waals surface area contributed by atoms with E-state index in [9.17, 15) is 4.79 Å². The molecule has 2 fully saturated rings. The number of rotatable bonds is 2. The summed E-state index contributed by atoms with van der Waals surface area (Å²) in [6, 6.07) is 0.576. The van der Waals surface area contributed by atoms with Gasteiger partial charge in [-0.25, -0.2) is 5.01 Å². The van der Waals surface area contributed by atoms with Gasteiger partial charge in [-0.05, 0) is 19.4 Å². The highest BCUT2D eigenvalue weighted by atomic mass is 16.2. The molecule has 4 nitrogen and oxygen atoms in total. The van der Waals surface area contributed by atoms with Crippen molar-refractivity contribution < 1.29 is 4.79 Å². The summed E-state index contributed by atoms with van der Waals surface area (Å²) < 4.78 is 0. The van der Waals surface area contributed by atoms with Crippen molar-refractivity contribution in [3.63, 3.8) is 0 Å². The standard InChI is InChI=1S/C9H17N3O/c13-9-4-6-12(11-9)7-8-3-1-2-5-10-8/h8,10H,1-7H2,(H,11,13). The van der Waals surface area contributed by atoms with E-state index in [-0.39, 0.29) is 5.91 Å². The van der Waals surface area contributed by atoms with Gasteiger partial charge in [0.05, 0.1) is 0 Å². The number of carbonyl (C=O) groups excluding carboxylic acids is 1. The normalized spacial score (nSPS) is 30.5. The molecule has 1 unspecified atom stereocenters. The SMILES string of the molecule is O=C1CCN(CC2CCCCN2)N1. The lowest BCUT2D eigenvalue weighted by Gasteiger charge is -2.27. The van der Waals surface area contributed by atoms with Gasteiger partial charge in [0.1, 0.15) is 0 Å². The van der Waals surface area contributed by atoms with Crippen molar-refractivity contribution >= 4 is 5.91 Å². The van der Waals surface area contributed by atoms with E-state index in [0.717, 1.165) is 19.6 Å². The Morgan fingerprint density at radius 2 is 2.38 bits per heavy atom. The molecule has 2 rings (SSSR count). The predicted octanol–water partition coefficient (Wildman–Crippen LogP) is -0.135. The Labute approximate surface area is 78.6 Å². The Morgan fingerprint density at radius 3 is 3.00 bits per heavy atom. The smallest absolute Gasteiger partial charge is 0.235 e. The minimum absolute atomic E-state index is 0.163. The zero-order valence-corrected chi connectivity index (χ0v) is 7.88. The molecule has 2 N–H and O–H groups in total. The van der Waals surface area contributed by atoms with E-state index in [4.69, 9.17) is 0 Å². The van der Waals surface area contributed by atoms with Crippen LogP contribution in [0.15, 0.2) is 0 Å². The summed E-state index contributed by atoms with van der Waals surface area (Å²) in [6.07, 6.45) is 4.52. The number of carbonyl (C=O) groups is 1. The van der Waals surface area contributed by atoms with Crippen molar-refractivity contribution in [3.05, 3.63) is 0 Å². The van der Waals surface area contributed by atoms with Gasteiger partial charge < -0.3 is 5.32 Å². The zero-order valence-electron chi connectivity index (χ0n) is 7.88. The average Bonchev–Trinajstić information content (AvgIpc) is 2.53. The van der Waals surface area contributed by atoms with Gasteiger partial charge in [0.2, 0.25) is 5.91 Å². The van der Waals surface area contributed by atoms with E-state index in [1.54, 1.807) is 0 Å². The van der Waals surface area contributed by atoms with Crippen molar-refractivity contribution in [1.29, 1.82) is 0 Å². The summed E-state index contributed by atoms with van der Waals surface area (Å²) in [4.78, 5) is 10.9. The second kappa shape index (κ2) is 4.07. The molecule has 0 aromatic carbocycles. The van der Waals surface area contributed by atoms with E-state index >= 15 is 0 Å². The number of amides is 1. The fraction of sp³-hybridized carbons (Fsp3) is 0.889. The van der Waals surface area contributed by atoms with Gasteiger partial charge in [0, 0.05) is 25.6 Å². The van der Waals surface area contributed by atoms with Crippen LogP contribution in [0.1, 0.15) is 25.7 Å². The molecule has 2 aliphatic rings. The summed E-state index contributed by atoms with van der Waals surface area (Å²) in [6.45, 7) is 2.97. The Bertz CT molecular complexity index is 189. The second-order valence-electron chi connectivity index (χ2n) is 3.88. The first-order chi connectivity index (χ1) is 6.34. The minimum atomic E-state index is 0.163. The third-order valence-electron chi connectivity index (χ3n) is 2.74. The van der Waals surface area contributed by atoms with E-state index in [2.05, 4.69) is 10.7 Å². The molecule has 1 amide bonds. The largest absolute Gasteiger partial charge is 0.313 e. The maximum Gasteiger partial charge on any atom is 0.235 e. The molecule has 2 aliphatic heterocycles. The van der Waals surface area contributed by atoms with Crippen molar-refractivity contribution in [3.8, 4) is 0 Å². The molecule has 0 spiro atoms. The molecule has 2 heterocycles. The van der Waals surface area contributed by atoms with E-state index in [1.165, 1.54) is 19.3 Å². The lowest BCUT2D eigenvalue weighted by atomic mass is 10.1. The van der Waals surface area contributed by atoms with Crippen LogP contribution in [0.3, 0.4) is 0 Å². The van der Waals surface area contributed by atoms with Crippen LogP contribution in [0.5, 0.6) is 0 Å². The first-order valence-electron chi connectivity index (χ1n) is 5.12. The lowest BCUT2D eigenvalue weighted by Crippen LogP contribution is -2.46. The van der Waals surface area contributed by atoms with Gasteiger partial charge in [0.15, 0.2) is 0 Å². The summed E-state index contributed by atoms with van der Waals surface area (Å²) in [7, 11) is 0. The van der Waals surface area contributed by atoms with Crippen LogP contribution in [-0.2, 0) is 4.79 Å². The van der Waals surface area contributed by atoms with Crippen molar-refractivity contribution in [1.82, 2.24) is 15.8 Å². The fourth-order valence-electron chi connectivity index (χ4n) is 2.01. The lowest BCUT2D eigenvalue weighted by molar-refractivity contribution is -0.121. The van der Waals surface area contributed by atoms with Crippen LogP contribution in [0.4, 0.5) is 0 Å². The third kappa shape index (κ3) is 2.42. The molecule has 0 aromatic heterocycles. The molecule has 13 heavy (non-hydrogen) atoms. The van der Waals surface area contributed by atoms with Gasteiger partial charge in [-0.2, -0.15) is 0 Å². The maximum atomic E-state index is 10.9. The van der Waals surface area contributed by atoms with E-state index < -0.39 is 0 Å². The molecular formula is C9H17N3O. The van der Waals surface area contributed by atoms with Crippen LogP contribution in [0.2, 0.25) is 0 Å². The van der Waals surface area contributed by atoms with Crippen molar-refractivity contribution in [2.75, 3.05) is 19.6 Å². The first kappa shape index (κ1) is 8.97. The van der Waals surface area contributed by atoms with Crippen molar-refractivity contribution in [2.24, 2.45) is 0 Å². The van der Waals surface area contributed by atoms with Crippen LogP contribution < -0.4 is 10.7 Å². The van der Waals surface area contributed by atoms with Crippen LogP contribution in [0, 0.1) is 0 Å². The van der Waals surface area contributed by atoms with Gasteiger partial charge in [-0.3, -0.25) is 10.2 Å². The molecule has 0 radical (unpaired) electrons. The number of nitrogens with one attached hydrogen (secondary N) is 2. The molecule has 0 aliphatic carbocycles. The molecule has 74 valence electrons. The molecule has 0 saturated carbocycles. The molecular weight excluding hydrogens is 166 g/mol. The van der Waals surface area contributed by atoms with Crippen LogP contribution in [-0.4, -0.2) is 36.6 Å². The highest BCUT2D eigenvalue weighted by Gasteiger charge is 2.22. The fourth-order valence-corrected chi connectivity index (χ4v) is 2.01. The minimum Gasteiger partial charge on any atom is -0.313 e. The van der Waals surface area contributed by atoms with Gasteiger partial charge in [-0.15, -0.1) is 0 Å². The summed E-state index contributed by atoms with van der Waals surface area (Å²) in [5.74, 6) is 0.163. The average molecular weight is 183 g/mol. The molecule has 1 atom stereocenters.